The van der Waals surface area contributed by atoms with Crippen LogP contribution in [0.5, 0.6) is 0 Å². The fourth-order valence-electron chi connectivity index (χ4n) is 0.884. The molecular formula is C5H17Cl3Si. The van der Waals surface area contributed by atoms with E-state index >= 15 is 0 Å². The van der Waals surface area contributed by atoms with Crippen molar-refractivity contribution in [3.05, 3.63) is 0 Å². The number of hydrogen-bond acceptors (Lipinski definition) is 0. The second-order valence-electron chi connectivity index (χ2n) is 1.77. The standard InChI is InChI=1S/C5H10.3ClH.H4Si/c1-2-4-5-3-1;;;;/h1-5H2;3*1H;1H4. The predicted octanol–water partition coefficient (Wildman–Crippen LogP) is 1.76. The first-order valence-corrected chi connectivity index (χ1v) is 2.50. The molecule has 0 heterocycles. The van der Waals surface area contributed by atoms with E-state index in [2.05, 4.69) is 0 Å². The summed E-state index contributed by atoms with van der Waals surface area (Å²) >= 11 is 0. The highest BCUT2D eigenvalue weighted by Crippen LogP contribution is 2.15. The van der Waals surface area contributed by atoms with Crippen molar-refractivity contribution in [1.29, 1.82) is 0 Å². The Morgan fingerprint density at radius 3 is 0.667 bits per heavy atom. The third-order valence-corrected chi connectivity index (χ3v) is 1.25. The van der Waals surface area contributed by atoms with Crippen molar-refractivity contribution < 1.29 is 0 Å². The summed E-state index contributed by atoms with van der Waals surface area (Å²) < 4.78 is 0. The third-order valence-electron chi connectivity index (χ3n) is 1.25. The Hall–Kier alpha value is 1.09. The molecule has 0 spiro atoms. The van der Waals surface area contributed by atoms with Crippen molar-refractivity contribution in [3.63, 3.8) is 0 Å². The van der Waals surface area contributed by atoms with Crippen LogP contribution in [0.1, 0.15) is 32.1 Å². The van der Waals surface area contributed by atoms with Crippen LogP contribution in [0.15, 0.2) is 0 Å². The lowest BCUT2D eigenvalue weighted by Crippen LogP contribution is -1.47. The second kappa shape index (κ2) is 16.0. The summed E-state index contributed by atoms with van der Waals surface area (Å²) in [6.45, 7) is 0. The van der Waals surface area contributed by atoms with Gasteiger partial charge in [-0.2, -0.15) is 0 Å². The summed E-state index contributed by atoms with van der Waals surface area (Å²) in [4.78, 5) is 0. The predicted molar refractivity (Wildman–Crippen MR) is 56.2 cm³/mol. The van der Waals surface area contributed by atoms with E-state index in [4.69, 9.17) is 0 Å². The molecule has 62 valence electrons. The van der Waals surface area contributed by atoms with Gasteiger partial charge in [-0.05, 0) is 11.0 Å². The molecule has 0 unspecified atom stereocenters. The first-order valence-electron chi connectivity index (χ1n) is 2.50. The van der Waals surface area contributed by atoms with E-state index in [1.54, 1.807) is 0 Å². The van der Waals surface area contributed by atoms with E-state index in [0.717, 1.165) is 0 Å². The van der Waals surface area contributed by atoms with Gasteiger partial charge in [0.05, 0.1) is 0 Å². The van der Waals surface area contributed by atoms with Crippen LogP contribution in [-0.4, -0.2) is 11.0 Å². The summed E-state index contributed by atoms with van der Waals surface area (Å²) in [6.07, 6.45) is 7.50. The zero-order valence-corrected chi connectivity index (χ0v) is 7.21. The van der Waals surface area contributed by atoms with Gasteiger partial charge in [0.15, 0.2) is 0 Å². The quantitative estimate of drug-likeness (QED) is 0.536. The molecule has 0 aliphatic heterocycles. The van der Waals surface area contributed by atoms with E-state index in [1.807, 2.05) is 0 Å². The fourth-order valence-corrected chi connectivity index (χ4v) is 0.884. The van der Waals surface area contributed by atoms with Gasteiger partial charge in [0, 0.05) is 0 Å². The fraction of sp³-hybridized carbons (Fsp3) is 1.00. The van der Waals surface area contributed by atoms with Crippen LogP contribution in [0, 0.1) is 0 Å². The smallest absolute Gasteiger partial charge is 0.0149 e. The average molecular weight is 212 g/mol. The third kappa shape index (κ3) is 12.3. The van der Waals surface area contributed by atoms with Crippen LogP contribution in [0.2, 0.25) is 0 Å². The normalized spacial score (nSPS) is 13.3. The van der Waals surface area contributed by atoms with Gasteiger partial charge in [-0.1, -0.05) is 32.1 Å². The molecule has 0 radical (unpaired) electrons. The van der Waals surface area contributed by atoms with E-state index in [0.29, 0.717) is 0 Å². The minimum atomic E-state index is 0. The molecule has 0 bridgehead atoms. The summed E-state index contributed by atoms with van der Waals surface area (Å²) in [7, 11) is 0. The Labute approximate surface area is 80.4 Å². The van der Waals surface area contributed by atoms with Crippen molar-refractivity contribution in [2.24, 2.45) is 0 Å². The maximum Gasteiger partial charge on any atom is -0.0149 e. The van der Waals surface area contributed by atoms with Crippen LogP contribution in [-0.2, 0) is 0 Å². The zero-order chi connectivity index (χ0) is 3.54. The molecule has 0 aromatic rings. The maximum absolute atomic E-state index is 1.50. The Balaban J connectivity index is -0.0000000312. The lowest BCUT2D eigenvalue weighted by molar-refractivity contribution is 0.886. The van der Waals surface area contributed by atoms with Gasteiger partial charge in [0.1, 0.15) is 0 Å². The largest absolute Gasteiger partial charge is 0.147 e. The summed E-state index contributed by atoms with van der Waals surface area (Å²) in [5, 5.41) is 0. The van der Waals surface area contributed by atoms with Gasteiger partial charge in [0.2, 0.25) is 0 Å². The minimum absolute atomic E-state index is 0. The molecule has 0 aromatic carbocycles. The van der Waals surface area contributed by atoms with Crippen molar-refractivity contribution in [2.75, 3.05) is 0 Å². The van der Waals surface area contributed by atoms with Gasteiger partial charge < -0.3 is 0 Å². The zero-order valence-electron chi connectivity index (χ0n) is 4.76. The van der Waals surface area contributed by atoms with Gasteiger partial charge >= 0.3 is 0 Å². The van der Waals surface area contributed by atoms with E-state index in [1.165, 1.54) is 32.1 Å². The molecule has 9 heavy (non-hydrogen) atoms. The van der Waals surface area contributed by atoms with Crippen LogP contribution >= 0.6 is 37.2 Å². The molecule has 0 atom stereocenters. The highest BCUT2D eigenvalue weighted by molar-refractivity contribution is 5.86. The monoisotopic (exact) mass is 210 g/mol. The van der Waals surface area contributed by atoms with E-state index in [-0.39, 0.29) is 48.2 Å². The SMILES string of the molecule is C1CCCC1.Cl.Cl.Cl.[SiH4]. The van der Waals surface area contributed by atoms with Crippen molar-refractivity contribution in [2.45, 2.75) is 32.1 Å². The molecule has 0 aromatic heterocycles. The van der Waals surface area contributed by atoms with Gasteiger partial charge in [0.25, 0.3) is 0 Å². The van der Waals surface area contributed by atoms with Gasteiger partial charge in [-0.25, -0.2) is 0 Å². The molecule has 1 aliphatic carbocycles. The highest BCUT2D eigenvalue weighted by atomic mass is 35.5. The molecule has 0 N–H and O–H groups in total. The molecule has 1 fully saturated rings. The molecule has 0 amide bonds. The van der Waals surface area contributed by atoms with Crippen LogP contribution in [0.25, 0.3) is 0 Å². The van der Waals surface area contributed by atoms with Crippen LogP contribution < -0.4 is 0 Å². The lowest BCUT2D eigenvalue weighted by atomic mass is 10.4. The lowest BCUT2D eigenvalue weighted by Gasteiger charge is -1.67. The summed E-state index contributed by atoms with van der Waals surface area (Å²) in [5.74, 6) is 0. The number of halogens is 3. The summed E-state index contributed by atoms with van der Waals surface area (Å²) in [5.41, 5.74) is 0. The molecule has 1 aliphatic rings. The second-order valence-corrected chi connectivity index (χ2v) is 1.77. The first kappa shape index (κ1) is 22.5. The maximum atomic E-state index is 1.50. The molecule has 0 saturated heterocycles. The minimum Gasteiger partial charge on any atom is -0.147 e. The topological polar surface area (TPSA) is 0 Å². The first-order chi connectivity index (χ1) is 2.50. The van der Waals surface area contributed by atoms with Crippen molar-refractivity contribution >= 4 is 48.2 Å². The Morgan fingerprint density at radius 2 is 0.556 bits per heavy atom. The summed E-state index contributed by atoms with van der Waals surface area (Å²) in [6, 6.07) is 0. The van der Waals surface area contributed by atoms with Crippen molar-refractivity contribution in [3.8, 4) is 0 Å². The highest BCUT2D eigenvalue weighted by Gasteiger charge is 1.95. The molecule has 1 saturated carbocycles. The Bertz CT molecular complexity index is 23.8. The Morgan fingerprint density at radius 1 is 0.444 bits per heavy atom. The van der Waals surface area contributed by atoms with Crippen LogP contribution in [0.4, 0.5) is 0 Å². The molecule has 4 heteroatoms. The molecule has 1 rings (SSSR count). The van der Waals surface area contributed by atoms with Gasteiger partial charge in [-0.3, -0.25) is 0 Å². The number of hydrogen-bond donors (Lipinski definition) is 0. The molecular weight excluding hydrogens is 194 g/mol. The Kier molecular flexibility index (Phi) is 40.1. The average Bonchev–Trinajstić information content (AvgIpc) is 1.76. The van der Waals surface area contributed by atoms with E-state index < -0.39 is 0 Å². The van der Waals surface area contributed by atoms with Crippen molar-refractivity contribution in [1.82, 2.24) is 0 Å². The van der Waals surface area contributed by atoms with E-state index in [9.17, 15) is 0 Å². The van der Waals surface area contributed by atoms with Crippen LogP contribution in [0.3, 0.4) is 0 Å². The number of rotatable bonds is 0. The molecule has 0 nitrogen and oxygen atoms in total. The van der Waals surface area contributed by atoms with Gasteiger partial charge in [-0.15, -0.1) is 37.2 Å².